The van der Waals surface area contributed by atoms with Crippen LogP contribution in [0.15, 0.2) is 36.5 Å². The Hall–Kier alpha value is -4.36. The minimum atomic E-state index is -5.00. The number of aryl methyl sites for hydroxylation is 2. The van der Waals surface area contributed by atoms with Gasteiger partial charge in [0.05, 0.1) is 27.9 Å². The van der Waals surface area contributed by atoms with Crippen molar-refractivity contribution in [3.63, 3.8) is 0 Å². The normalized spacial score (nSPS) is 15.4. The summed E-state index contributed by atoms with van der Waals surface area (Å²) < 4.78 is 85.6. The first kappa shape index (κ1) is 36.4. The van der Waals surface area contributed by atoms with E-state index in [1.54, 1.807) is 11.0 Å². The maximum Gasteiger partial charge on any atom is 0.416 e. The first-order chi connectivity index (χ1) is 23.8. The molecule has 2 saturated carbocycles. The van der Waals surface area contributed by atoms with Crippen molar-refractivity contribution in [2.45, 2.75) is 97.7 Å². The van der Waals surface area contributed by atoms with Gasteiger partial charge in [-0.1, -0.05) is 6.92 Å². The van der Waals surface area contributed by atoms with Crippen molar-refractivity contribution < 1.29 is 31.1 Å². The van der Waals surface area contributed by atoms with Gasteiger partial charge in [-0.3, -0.25) is 4.79 Å². The molecule has 0 spiro atoms. The van der Waals surface area contributed by atoms with Crippen molar-refractivity contribution in [2.24, 2.45) is 17.6 Å². The van der Waals surface area contributed by atoms with Crippen molar-refractivity contribution in [3.8, 4) is 0 Å². The van der Waals surface area contributed by atoms with E-state index in [1.807, 2.05) is 45.4 Å². The van der Waals surface area contributed by atoms with Gasteiger partial charge in [-0.2, -0.15) is 31.4 Å². The quantitative estimate of drug-likeness (QED) is 0.148. The number of fused-ring (bicyclic) bond motifs is 1. The summed E-state index contributed by atoms with van der Waals surface area (Å²) in [6, 6.07) is 5.19. The van der Waals surface area contributed by atoms with Crippen LogP contribution in [0.3, 0.4) is 0 Å². The number of nitrogens with two attached hydrogens (primary N) is 1. The molecule has 4 aromatic rings. The maximum atomic E-state index is 14.0. The van der Waals surface area contributed by atoms with E-state index in [9.17, 15) is 31.1 Å². The van der Waals surface area contributed by atoms with E-state index in [-0.39, 0.29) is 35.8 Å². The van der Waals surface area contributed by atoms with Gasteiger partial charge in [-0.05, 0) is 113 Å². The lowest BCUT2D eigenvalue weighted by Crippen LogP contribution is -2.32. The molecule has 51 heavy (non-hydrogen) atoms. The minimum Gasteiger partial charge on any atom is -0.366 e. The number of carbonyl (C=O) groups excluding carboxylic acids is 1. The number of amides is 1. The number of hydrogen-bond donors (Lipinski definition) is 1. The van der Waals surface area contributed by atoms with Gasteiger partial charge in [0, 0.05) is 43.3 Å². The van der Waals surface area contributed by atoms with Gasteiger partial charge in [0.2, 0.25) is 5.91 Å². The largest absolute Gasteiger partial charge is 0.416 e. The maximum absolute atomic E-state index is 14.0. The highest BCUT2D eigenvalue weighted by Gasteiger charge is 2.38. The fraction of sp³-hybridized carbons (Fsp3) is 0.514. The lowest BCUT2D eigenvalue weighted by atomic mass is 10.0. The monoisotopic (exact) mass is 715 g/mol. The van der Waals surface area contributed by atoms with Crippen LogP contribution in [0.2, 0.25) is 0 Å². The second kappa shape index (κ2) is 13.3. The van der Waals surface area contributed by atoms with E-state index in [1.165, 1.54) is 6.20 Å². The highest BCUT2D eigenvalue weighted by Crippen LogP contribution is 2.40. The Morgan fingerprint density at radius 2 is 1.43 bits per heavy atom. The number of pyridine rings is 2. The summed E-state index contributed by atoms with van der Waals surface area (Å²) in [5.74, 6) is 1.35. The van der Waals surface area contributed by atoms with Gasteiger partial charge < -0.3 is 15.5 Å². The van der Waals surface area contributed by atoms with Gasteiger partial charge in [0.15, 0.2) is 5.65 Å². The SMILES string of the molecule is CCc1cc(C(N)=O)cnc1N(Cc1cc(C(F)(F)F)cc(C(F)(F)F)c1)Cc1cc2c(C)nn(C(C)(C)C)c2nc1N(CC1CC1)CC1CC1. The van der Waals surface area contributed by atoms with Gasteiger partial charge in [0.25, 0.3) is 0 Å². The van der Waals surface area contributed by atoms with Gasteiger partial charge in [0.1, 0.15) is 11.6 Å². The molecule has 3 aromatic heterocycles. The number of carbonyl (C=O) groups is 1. The molecule has 0 bridgehead atoms. The van der Waals surface area contributed by atoms with Crippen LogP contribution in [0.25, 0.3) is 11.0 Å². The van der Waals surface area contributed by atoms with Crippen molar-refractivity contribution in [1.82, 2.24) is 19.7 Å². The van der Waals surface area contributed by atoms with Crippen LogP contribution >= 0.6 is 0 Å². The summed E-state index contributed by atoms with van der Waals surface area (Å²) in [5, 5.41) is 5.62. The summed E-state index contributed by atoms with van der Waals surface area (Å²) in [6.07, 6.45) is -3.93. The molecule has 1 amide bonds. The molecule has 8 nitrogen and oxygen atoms in total. The van der Waals surface area contributed by atoms with E-state index in [0.717, 1.165) is 67.5 Å². The zero-order valence-electron chi connectivity index (χ0n) is 29.4. The Balaban J connectivity index is 1.54. The molecule has 0 radical (unpaired) electrons. The number of hydrogen-bond acceptors (Lipinski definition) is 6. The number of aromatic nitrogens is 4. The molecule has 14 heteroatoms. The number of nitrogens with zero attached hydrogens (tertiary/aromatic N) is 6. The third kappa shape index (κ3) is 8.25. The average molecular weight is 716 g/mol. The first-order valence-electron chi connectivity index (χ1n) is 17.3. The summed E-state index contributed by atoms with van der Waals surface area (Å²) in [4.78, 5) is 25.8. The molecule has 0 atom stereocenters. The third-order valence-corrected chi connectivity index (χ3v) is 9.47. The van der Waals surface area contributed by atoms with Crippen molar-refractivity contribution >= 4 is 28.6 Å². The van der Waals surface area contributed by atoms with Crippen LogP contribution in [0.4, 0.5) is 38.0 Å². The topological polar surface area (TPSA) is 93.2 Å². The molecule has 0 unspecified atom stereocenters. The summed E-state index contributed by atoms with van der Waals surface area (Å²) in [6.45, 7) is 11.1. The number of anilines is 2. The minimum absolute atomic E-state index is 0.0533. The predicted molar refractivity (Wildman–Crippen MR) is 183 cm³/mol. The third-order valence-electron chi connectivity index (χ3n) is 9.47. The van der Waals surface area contributed by atoms with Crippen LogP contribution in [0, 0.1) is 18.8 Å². The molecule has 274 valence electrons. The van der Waals surface area contributed by atoms with Crippen LogP contribution in [-0.4, -0.2) is 38.7 Å². The molecular formula is C37H43F6N7O. The second-order valence-corrected chi connectivity index (χ2v) is 15.0. The van der Waals surface area contributed by atoms with Crippen LogP contribution in [-0.2, 0) is 37.4 Å². The van der Waals surface area contributed by atoms with Crippen molar-refractivity contribution in [1.29, 1.82) is 0 Å². The number of primary amides is 1. The molecule has 2 N–H and O–H groups in total. The predicted octanol–water partition coefficient (Wildman–Crippen LogP) is 8.42. The van der Waals surface area contributed by atoms with E-state index in [4.69, 9.17) is 15.8 Å². The van der Waals surface area contributed by atoms with E-state index in [2.05, 4.69) is 9.88 Å². The lowest BCUT2D eigenvalue weighted by Gasteiger charge is -2.31. The highest BCUT2D eigenvalue weighted by molar-refractivity contribution is 5.93. The Morgan fingerprint density at radius 1 is 0.843 bits per heavy atom. The standard InChI is InChI=1S/C37H43F6N7O/c1-6-25-13-26(31(44)51)16-45-32(25)49(19-24-11-28(36(38,39)40)15-29(12-24)37(41,42)43)20-27-14-30-21(2)47-50(35(3,4)5)34(30)46-33(27)48(17-22-7-8-22)18-23-9-10-23/h11-16,22-23H,6-10,17-20H2,1-5H3,(H2,44,51). The van der Waals surface area contributed by atoms with Gasteiger partial charge in [-0.25, -0.2) is 14.6 Å². The van der Waals surface area contributed by atoms with Crippen molar-refractivity contribution in [3.05, 3.63) is 75.6 Å². The average Bonchev–Trinajstić information content (AvgIpc) is 3.99. The van der Waals surface area contributed by atoms with Crippen LogP contribution < -0.4 is 15.5 Å². The molecule has 6 rings (SSSR count). The Bertz CT molecular complexity index is 1890. The molecule has 3 heterocycles. The zero-order valence-corrected chi connectivity index (χ0v) is 29.4. The van der Waals surface area contributed by atoms with Crippen molar-refractivity contribution in [2.75, 3.05) is 22.9 Å². The Morgan fingerprint density at radius 3 is 1.92 bits per heavy atom. The van der Waals surface area contributed by atoms with E-state index < -0.39 is 29.4 Å². The Kier molecular flexibility index (Phi) is 9.51. The molecule has 2 aliphatic carbocycles. The summed E-state index contributed by atoms with van der Waals surface area (Å²) in [5.41, 5.74) is 5.07. The fourth-order valence-corrected chi connectivity index (χ4v) is 6.47. The van der Waals surface area contributed by atoms with E-state index >= 15 is 0 Å². The zero-order chi connectivity index (χ0) is 37.0. The molecule has 0 aliphatic heterocycles. The van der Waals surface area contributed by atoms with Crippen LogP contribution in [0.1, 0.15) is 97.2 Å². The van der Waals surface area contributed by atoms with Gasteiger partial charge >= 0.3 is 12.4 Å². The fourth-order valence-electron chi connectivity index (χ4n) is 6.47. The first-order valence-corrected chi connectivity index (χ1v) is 17.3. The molecule has 1 aromatic carbocycles. The molecular weight excluding hydrogens is 672 g/mol. The lowest BCUT2D eigenvalue weighted by molar-refractivity contribution is -0.143. The Labute approximate surface area is 293 Å². The molecule has 2 aliphatic rings. The van der Waals surface area contributed by atoms with Gasteiger partial charge in [-0.15, -0.1) is 0 Å². The number of alkyl halides is 6. The number of rotatable bonds is 12. The molecule has 0 saturated heterocycles. The second-order valence-electron chi connectivity index (χ2n) is 15.0. The smallest absolute Gasteiger partial charge is 0.366 e. The molecule has 2 fully saturated rings. The number of benzene rings is 1. The summed E-state index contributed by atoms with van der Waals surface area (Å²) in [7, 11) is 0. The van der Waals surface area contributed by atoms with E-state index in [0.29, 0.717) is 41.1 Å². The summed E-state index contributed by atoms with van der Waals surface area (Å²) >= 11 is 0. The number of halogens is 6. The highest BCUT2D eigenvalue weighted by atomic mass is 19.4. The van der Waals surface area contributed by atoms with Crippen LogP contribution in [0.5, 0.6) is 0 Å².